The van der Waals surface area contributed by atoms with Crippen molar-refractivity contribution < 1.29 is 30.2 Å². The van der Waals surface area contributed by atoms with Crippen molar-refractivity contribution in [2.75, 3.05) is 0 Å². The molecule has 0 saturated heterocycles. The molecule has 0 radical (unpaired) electrons. The Hall–Kier alpha value is -0.370. The van der Waals surface area contributed by atoms with E-state index in [0.29, 0.717) is 0 Å². The summed E-state index contributed by atoms with van der Waals surface area (Å²) in [6.45, 7) is 0. The molecule has 0 amide bonds. The predicted molar refractivity (Wildman–Crippen MR) is 43.2 cm³/mol. The Kier molecular flexibility index (Phi) is 3.59. The van der Waals surface area contributed by atoms with Crippen LogP contribution in [0.4, 0.5) is 17.6 Å². The molecule has 3 nitrogen and oxygen atoms in total. The van der Waals surface area contributed by atoms with Crippen LogP contribution in [0.1, 0.15) is 25.7 Å². The van der Waals surface area contributed by atoms with Gasteiger partial charge >= 0.3 is 15.6 Å². The SMILES string of the molecule is O=S(=O)(OC1CCC(F)CC1)C(F)(F)F. The van der Waals surface area contributed by atoms with Gasteiger partial charge in [-0.25, -0.2) is 4.39 Å². The molecule has 1 saturated carbocycles. The minimum atomic E-state index is -5.54. The summed E-state index contributed by atoms with van der Waals surface area (Å²) in [6.07, 6.45) is -2.05. The smallest absolute Gasteiger partial charge is 0.260 e. The van der Waals surface area contributed by atoms with E-state index in [1.54, 1.807) is 0 Å². The van der Waals surface area contributed by atoms with Gasteiger partial charge in [0.1, 0.15) is 6.17 Å². The molecular formula is C7H10F4O3S. The molecule has 0 heterocycles. The first-order valence-corrected chi connectivity index (χ1v) is 5.77. The zero-order chi connectivity index (χ0) is 11.7. The van der Waals surface area contributed by atoms with Gasteiger partial charge in [0.15, 0.2) is 0 Å². The van der Waals surface area contributed by atoms with Crippen molar-refractivity contribution in [3.8, 4) is 0 Å². The summed E-state index contributed by atoms with van der Waals surface area (Å²) in [6, 6.07) is 0. The van der Waals surface area contributed by atoms with Crippen molar-refractivity contribution in [2.45, 2.75) is 43.5 Å². The maximum absolute atomic E-state index is 12.6. The van der Waals surface area contributed by atoms with E-state index in [1.807, 2.05) is 0 Å². The molecule has 0 aromatic rings. The van der Waals surface area contributed by atoms with Crippen LogP contribution in [0.5, 0.6) is 0 Å². The molecule has 0 bridgehead atoms. The van der Waals surface area contributed by atoms with Crippen molar-refractivity contribution in [2.24, 2.45) is 0 Å². The van der Waals surface area contributed by atoms with Crippen LogP contribution in [0.15, 0.2) is 0 Å². The van der Waals surface area contributed by atoms with Gasteiger partial charge in [0.05, 0.1) is 6.10 Å². The van der Waals surface area contributed by atoms with Crippen LogP contribution >= 0.6 is 0 Å². The van der Waals surface area contributed by atoms with E-state index >= 15 is 0 Å². The fourth-order valence-electron chi connectivity index (χ4n) is 1.35. The van der Waals surface area contributed by atoms with Crippen LogP contribution in [0.2, 0.25) is 0 Å². The Morgan fingerprint density at radius 2 is 1.53 bits per heavy atom. The average Bonchev–Trinajstić information content (AvgIpc) is 2.06. The average molecular weight is 250 g/mol. The van der Waals surface area contributed by atoms with Gasteiger partial charge in [-0.1, -0.05) is 0 Å². The fraction of sp³-hybridized carbons (Fsp3) is 1.00. The van der Waals surface area contributed by atoms with Crippen LogP contribution in [-0.4, -0.2) is 26.2 Å². The minimum Gasteiger partial charge on any atom is -0.260 e. The van der Waals surface area contributed by atoms with E-state index in [1.165, 1.54) is 0 Å². The van der Waals surface area contributed by atoms with Gasteiger partial charge in [-0.15, -0.1) is 0 Å². The van der Waals surface area contributed by atoms with Gasteiger partial charge in [-0.05, 0) is 25.7 Å². The Labute approximate surface area is 84.5 Å². The topological polar surface area (TPSA) is 43.4 Å². The molecule has 1 fully saturated rings. The summed E-state index contributed by atoms with van der Waals surface area (Å²) in [5, 5.41) is 0. The summed E-state index contributed by atoms with van der Waals surface area (Å²) in [4.78, 5) is 0. The Morgan fingerprint density at radius 1 is 1.07 bits per heavy atom. The van der Waals surface area contributed by atoms with E-state index in [0.717, 1.165) is 0 Å². The molecule has 1 aliphatic carbocycles. The molecule has 0 aromatic carbocycles. The quantitative estimate of drug-likeness (QED) is 0.428. The summed E-state index contributed by atoms with van der Waals surface area (Å²) >= 11 is 0. The summed E-state index contributed by atoms with van der Waals surface area (Å²) in [5.74, 6) is 0. The third-order valence-corrected chi connectivity index (χ3v) is 3.24. The molecule has 0 spiro atoms. The van der Waals surface area contributed by atoms with E-state index in [4.69, 9.17) is 0 Å². The lowest BCUT2D eigenvalue weighted by molar-refractivity contribution is -0.0591. The largest absolute Gasteiger partial charge is 0.523 e. The molecule has 0 atom stereocenters. The van der Waals surface area contributed by atoms with E-state index < -0.39 is 27.9 Å². The van der Waals surface area contributed by atoms with Gasteiger partial charge in [0, 0.05) is 0 Å². The van der Waals surface area contributed by atoms with Crippen molar-refractivity contribution >= 4 is 10.1 Å². The minimum absolute atomic E-state index is 0.00350. The first-order chi connectivity index (χ1) is 6.72. The lowest BCUT2D eigenvalue weighted by Gasteiger charge is -2.24. The van der Waals surface area contributed by atoms with Crippen LogP contribution in [0.3, 0.4) is 0 Å². The van der Waals surface area contributed by atoms with Crippen LogP contribution in [0.25, 0.3) is 0 Å². The van der Waals surface area contributed by atoms with Gasteiger partial charge in [0.2, 0.25) is 0 Å². The third-order valence-electron chi connectivity index (χ3n) is 2.15. The first kappa shape index (κ1) is 12.7. The van der Waals surface area contributed by atoms with Crippen LogP contribution < -0.4 is 0 Å². The fourth-order valence-corrected chi connectivity index (χ4v) is 2.01. The maximum atomic E-state index is 12.6. The molecule has 0 N–H and O–H groups in total. The van der Waals surface area contributed by atoms with Crippen molar-refractivity contribution in [1.82, 2.24) is 0 Å². The van der Waals surface area contributed by atoms with Gasteiger partial charge in [0.25, 0.3) is 0 Å². The van der Waals surface area contributed by atoms with Crippen LogP contribution in [0, 0.1) is 0 Å². The second kappa shape index (κ2) is 4.25. The summed E-state index contributed by atoms with van der Waals surface area (Å²) < 4.78 is 73.3. The highest BCUT2D eigenvalue weighted by Crippen LogP contribution is 2.30. The number of alkyl halides is 4. The first-order valence-electron chi connectivity index (χ1n) is 4.36. The van der Waals surface area contributed by atoms with Crippen molar-refractivity contribution in [3.05, 3.63) is 0 Å². The van der Waals surface area contributed by atoms with Gasteiger partial charge < -0.3 is 0 Å². The maximum Gasteiger partial charge on any atom is 0.523 e. The monoisotopic (exact) mass is 250 g/mol. The second-order valence-corrected chi connectivity index (χ2v) is 4.93. The van der Waals surface area contributed by atoms with E-state index in [9.17, 15) is 26.0 Å². The Balaban J connectivity index is 2.56. The normalized spacial score (nSPS) is 29.1. The number of rotatable bonds is 2. The highest BCUT2D eigenvalue weighted by Gasteiger charge is 2.48. The molecule has 0 aliphatic heterocycles. The molecular weight excluding hydrogens is 240 g/mol. The molecule has 1 aliphatic rings. The summed E-state index contributed by atoms with van der Waals surface area (Å²) in [5.41, 5.74) is -5.40. The zero-order valence-electron chi connectivity index (χ0n) is 7.63. The predicted octanol–water partition coefficient (Wildman–Crippen LogP) is 2.13. The second-order valence-electron chi connectivity index (χ2n) is 3.37. The van der Waals surface area contributed by atoms with E-state index in [2.05, 4.69) is 4.18 Å². The van der Waals surface area contributed by atoms with Crippen molar-refractivity contribution in [1.29, 1.82) is 0 Å². The molecule has 15 heavy (non-hydrogen) atoms. The highest BCUT2D eigenvalue weighted by molar-refractivity contribution is 7.87. The number of hydrogen-bond acceptors (Lipinski definition) is 3. The molecule has 8 heteroatoms. The number of hydrogen-bond donors (Lipinski definition) is 0. The lowest BCUT2D eigenvalue weighted by Crippen LogP contribution is -2.32. The van der Waals surface area contributed by atoms with Crippen molar-refractivity contribution in [3.63, 3.8) is 0 Å². The van der Waals surface area contributed by atoms with Gasteiger partial charge in [-0.2, -0.15) is 21.6 Å². The molecule has 1 rings (SSSR count). The zero-order valence-corrected chi connectivity index (χ0v) is 8.44. The summed E-state index contributed by atoms with van der Waals surface area (Å²) in [7, 11) is -5.54. The molecule has 0 unspecified atom stereocenters. The Bertz CT molecular complexity index is 303. The highest BCUT2D eigenvalue weighted by atomic mass is 32.2. The molecule has 90 valence electrons. The molecule has 0 aromatic heterocycles. The third kappa shape index (κ3) is 3.30. The van der Waals surface area contributed by atoms with Crippen LogP contribution in [-0.2, 0) is 14.3 Å². The lowest BCUT2D eigenvalue weighted by atomic mass is 9.96. The Morgan fingerprint density at radius 3 is 1.93 bits per heavy atom. The number of halogens is 4. The van der Waals surface area contributed by atoms with Gasteiger partial charge in [-0.3, -0.25) is 4.18 Å². The van der Waals surface area contributed by atoms with E-state index in [-0.39, 0.29) is 25.7 Å². The standard InChI is InChI=1S/C7H10F4O3S/c8-5-1-3-6(4-2-5)14-15(12,13)7(9,10)11/h5-6H,1-4H2.